The molecule has 0 amide bonds. The van der Waals surface area contributed by atoms with Gasteiger partial charge in [-0.3, -0.25) is 14.6 Å². The zero-order valence-electron chi connectivity index (χ0n) is 48.9. The van der Waals surface area contributed by atoms with E-state index in [1.165, 1.54) is 25.2 Å². The van der Waals surface area contributed by atoms with Crippen molar-refractivity contribution in [3.8, 4) is 0 Å². The van der Waals surface area contributed by atoms with Crippen LogP contribution >= 0.6 is 0 Å². The van der Waals surface area contributed by atoms with Crippen molar-refractivity contribution in [2.45, 2.75) is 145 Å². The number of aromatic nitrogens is 3. The smallest absolute Gasteiger partial charge is 0.320 e. The number of nitrogens with two attached hydrogens (primary N) is 5. The van der Waals surface area contributed by atoms with Gasteiger partial charge in [0.25, 0.3) is 0 Å². The molecule has 1 saturated heterocycles. The molecule has 1 aromatic rings. The third-order valence-corrected chi connectivity index (χ3v) is 10.0. The van der Waals surface area contributed by atoms with Gasteiger partial charge in [-0.1, -0.05) is 46.3 Å². The van der Waals surface area contributed by atoms with E-state index in [9.17, 15) is 25.2 Å². The summed E-state index contributed by atoms with van der Waals surface area (Å²) in [5.41, 5.74) is 24.2. The van der Waals surface area contributed by atoms with Gasteiger partial charge in [-0.25, -0.2) is 10.5 Å². The minimum atomic E-state index is -1.16. The minimum Gasteiger partial charge on any atom is -0.480 e. The average Bonchev–Trinajstić information content (AvgIpc) is 3.87. The van der Waals surface area contributed by atoms with Crippen LogP contribution in [0.2, 0.25) is 0 Å². The molecule has 2 rings (SSSR count). The van der Waals surface area contributed by atoms with E-state index in [1.54, 1.807) is 23.3 Å². The molecule has 0 aromatic carbocycles. The van der Waals surface area contributed by atoms with Crippen LogP contribution in [0.3, 0.4) is 0 Å². The highest BCUT2D eigenvalue weighted by atomic mass is 16.7. The third-order valence-electron chi connectivity index (χ3n) is 10.0. The van der Waals surface area contributed by atoms with E-state index < -0.39 is 43.2 Å². The van der Waals surface area contributed by atoms with Gasteiger partial charge in [0.2, 0.25) is 0 Å². The lowest BCUT2D eigenvalue weighted by Crippen LogP contribution is -2.50. The average molecular weight is 1110 g/mol. The van der Waals surface area contributed by atoms with Gasteiger partial charge in [-0.2, -0.15) is 0 Å². The molecular weight excluding hydrogens is 1000 g/mol. The predicted molar refractivity (Wildman–Crippen MR) is 301 cm³/mol. The number of hydrogen-bond acceptors (Lipinski definition) is 24. The van der Waals surface area contributed by atoms with Gasteiger partial charge in [-0.15, -0.1) is 5.10 Å². The van der Waals surface area contributed by atoms with Gasteiger partial charge < -0.3 is 97.0 Å². The lowest BCUT2D eigenvalue weighted by atomic mass is 10.0. The Labute approximate surface area is 461 Å². The number of carboxylic acid groups (broad SMARTS) is 1. The van der Waals surface area contributed by atoms with E-state index in [0.717, 1.165) is 25.0 Å². The molecule has 1 aromatic heterocycles. The third kappa shape index (κ3) is 46.4. The molecule has 1 fully saturated rings. The Kier molecular flexibility index (Phi) is 59.6. The lowest BCUT2D eigenvalue weighted by molar-refractivity contribution is -0.258. The van der Waals surface area contributed by atoms with Crippen molar-refractivity contribution in [2.24, 2.45) is 28.8 Å². The molecule has 1 aliphatic heterocycles. The molecule has 26 nitrogen and oxygen atoms in total. The predicted octanol–water partition coefficient (Wildman–Crippen LogP) is 0.606. The van der Waals surface area contributed by atoms with Gasteiger partial charge in [0.15, 0.2) is 6.29 Å². The maximum atomic E-state index is 12.4. The molecule has 456 valence electrons. The normalized spacial score (nSPS) is 16.6. The maximum absolute atomic E-state index is 12.4. The van der Waals surface area contributed by atoms with Gasteiger partial charge >= 0.3 is 5.97 Å². The Hall–Kier alpha value is -4.26. The van der Waals surface area contributed by atoms with Crippen molar-refractivity contribution < 1.29 is 63.2 Å². The number of carbonyl (C=O) groups is 2. The Bertz CT molecular complexity index is 1540. The number of aliphatic hydroxyl groups is 3. The summed E-state index contributed by atoms with van der Waals surface area (Å²) in [7, 11) is 1.50. The number of hydrogen-bond donors (Lipinski definition) is 11. The van der Waals surface area contributed by atoms with Crippen LogP contribution in [-0.4, -0.2) is 225 Å². The lowest BCUT2D eigenvalue weighted by Gasteiger charge is -2.35. The molecule has 16 N–H and O–H groups in total. The first-order valence-corrected chi connectivity index (χ1v) is 27.2. The number of nitrogens with one attached hydrogen (secondary N) is 2. The van der Waals surface area contributed by atoms with E-state index in [-0.39, 0.29) is 25.7 Å². The number of hydrazine groups is 1. The quantitative estimate of drug-likeness (QED) is 0.0186. The molecule has 0 spiro atoms. The second kappa shape index (κ2) is 57.9. The number of rotatable bonds is 40. The molecule has 2 heterocycles. The molecule has 26 heteroatoms. The number of likely N-dealkylation sites (N-methyl/N-ethyl adjacent to an activating group) is 1. The first kappa shape index (κ1) is 79.2. The Morgan fingerprint density at radius 3 is 2.04 bits per heavy atom. The SMILES string of the molecule is CC.CC.CC=O.CCOCCN(N)/C=C\N.CCOCCN/C=C(\N)CN(CCCCC(C(=O)O)N(CC)C/C(N)=C/NCCOCCOC(C)C)Cc1cn(CCOCCOC2CC(O)C(O)C(CO)O2)nn1.CN. The number of aldehydes is 1. The summed E-state index contributed by atoms with van der Waals surface area (Å²) in [5, 5.41) is 55.7. The summed E-state index contributed by atoms with van der Waals surface area (Å²) in [5.74, 6) is 4.53. The maximum Gasteiger partial charge on any atom is 0.320 e. The number of unbranched alkanes of at least 4 members (excludes halogenated alkanes) is 1. The second-order valence-corrected chi connectivity index (χ2v) is 16.2. The largest absolute Gasteiger partial charge is 0.480 e. The summed E-state index contributed by atoms with van der Waals surface area (Å²) >= 11 is 0. The van der Waals surface area contributed by atoms with E-state index in [2.05, 4.69) is 31.6 Å². The van der Waals surface area contributed by atoms with Crippen LogP contribution in [0.15, 0.2) is 42.4 Å². The summed E-state index contributed by atoms with van der Waals surface area (Å²) in [6.45, 7) is 28.5. The van der Waals surface area contributed by atoms with Crippen molar-refractivity contribution in [1.82, 2.24) is 40.4 Å². The van der Waals surface area contributed by atoms with Crippen LogP contribution in [0.25, 0.3) is 0 Å². The van der Waals surface area contributed by atoms with Crippen molar-refractivity contribution in [3.05, 3.63) is 48.1 Å². The monoisotopic (exact) mass is 1110 g/mol. The molecule has 0 aliphatic carbocycles. The zero-order chi connectivity index (χ0) is 59.1. The standard InChI is InChI=1S/C38H73N9O11.C6H15N3O.C2H4O.2C2H6.CH5N/c1-5-46(25-31(40)23-42-11-15-54-17-19-56-29(3)4)33(38(51)52)9-7-8-12-45(24-30(39)22-41-10-14-53-6-2)26-32-27-47(44-43-32)13-16-55-18-20-57-36-21-34(49)37(50)35(28-48)58-36;1-2-10-6-5-9(8)4-3-7;1-2-3;3*1-2/h22-23,27,29,33-37,41-42,48-50H,5-21,24-26,28,39-40H2,1-4H3,(H,51,52);3-4H,2,5-8H2,1H3;2H,1H3;2*1-2H3;2H2,1H3/b30-22-,31-23-;4-3-;;;;. The van der Waals surface area contributed by atoms with Crippen LogP contribution in [-0.2, 0) is 55.8 Å². The summed E-state index contributed by atoms with van der Waals surface area (Å²) in [6.07, 6.45) is 7.37. The minimum absolute atomic E-state index is 0.0990. The van der Waals surface area contributed by atoms with Gasteiger partial charge in [0.1, 0.15) is 24.5 Å². The van der Waals surface area contributed by atoms with Gasteiger partial charge in [0, 0.05) is 94.7 Å². The molecular formula is C51H109N13O13. The van der Waals surface area contributed by atoms with Crippen molar-refractivity contribution in [1.29, 1.82) is 0 Å². The second-order valence-electron chi connectivity index (χ2n) is 16.2. The van der Waals surface area contributed by atoms with Crippen molar-refractivity contribution in [3.63, 3.8) is 0 Å². The molecule has 1 aliphatic rings. The van der Waals surface area contributed by atoms with Crippen LogP contribution < -0.4 is 39.4 Å². The summed E-state index contributed by atoms with van der Waals surface area (Å²) < 4.78 is 39.9. The highest BCUT2D eigenvalue weighted by Crippen LogP contribution is 2.21. The zero-order valence-corrected chi connectivity index (χ0v) is 48.9. The van der Waals surface area contributed by atoms with Crippen molar-refractivity contribution >= 4 is 12.3 Å². The van der Waals surface area contributed by atoms with Crippen LogP contribution in [0.5, 0.6) is 0 Å². The fraction of sp³-hybridized carbons (Fsp3) is 0.804. The van der Waals surface area contributed by atoms with Crippen LogP contribution in [0, 0.1) is 0 Å². The van der Waals surface area contributed by atoms with E-state index >= 15 is 0 Å². The highest BCUT2D eigenvalue weighted by molar-refractivity contribution is 5.73. The first-order valence-electron chi connectivity index (χ1n) is 27.2. The molecule has 0 radical (unpaired) electrons. The first-order chi connectivity index (χ1) is 37.2. The van der Waals surface area contributed by atoms with Gasteiger partial charge in [-0.05, 0) is 67.6 Å². The Balaban J connectivity index is -0.00000121. The fourth-order valence-corrected chi connectivity index (χ4v) is 6.55. The van der Waals surface area contributed by atoms with Gasteiger partial charge in [0.05, 0.1) is 90.5 Å². The molecule has 5 atom stereocenters. The van der Waals surface area contributed by atoms with E-state index in [4.69, 9.17) is 61.0 Å². The number of nitrogens with zero attached hydrogens (tertiary/aromatic N) is 6. The molecule has 0 saturated carbocycles. The van der Waals surface area contributed by atoms with E-state index in [0.29, 0.717) is 129 Å². The molecule has 0 bridgehead atoms. The topological polar surface area (TPSA) is 374 Å². The van der Waals surface area contributed by atoms with Crippen molar-refractivity contribution in [2.75, 3.05) is 126 Å². The number of aliphatic carboxylic acids is 1. The summed E-state index contributed by atoms with van der Waals surface area (Å²) in [4.78, 5) is 25.2. The Morgan fingerprint density at radius 1 is 0.883 bits per heavy atom. The number of ether oxygens (including phenoxy) is 7. The van der Waals surface area contributed by atoms with Crippen LogP contribution in [0.4, 0.5) is 0 Å². The van der Waals surface area contributed by atoms with E-state index in [1.807, 2.05) is 73.4 Å². The van der Waals surface area contributed by atoms with Crippen LogP contribution in [0.1, 0.15) is 101 Å². The fourth-order valence-electron chi connectivity index (χ4n) is 6.55. The number of carboxylic acids is 1. The molecule has 5 unspecified atom stereocenters. The Morgan fingerprint density at radius 2 is 1.47 bits per heavy atom. The highest BCUT2D eigenvalue weighted by Gasteiger charge is 2.36. The molecule has 77 heavy (non-hydrogen) atoms. The number of carbonyl (C=O) groups excluding carboxylic acids is 1. The summed E-state index contributed by atoms with van der Waals surface area (Å²) in [6, 6.07) is -0.691. The number of aliphatic hydroxyl groups excluding tert-OH is 3.